The molecular formula is C67H65BNO. The largest absolute Gasteiger partial charge is 0.455 e. The van der Waals surface area contributed by atoms with Crippen LogP contribution in [0.15, 0.2) is 126 Å². The summed E-state index contributed by atoms with van der Waals surface area (Å²) in [7, 11) is 2.52. The highest BCUT2D eigenvalue weighted by Gasteiger charge is 2.43. The predicted octanol–water partition coefficient (Wildman–Crippen LogP) is 17.1. The second kappa shape index (κ2) is 14.4. The van der Waals surface area contributed by atoms with E-state index in [1.165, 1.54) is 117 Å². The summed E-state index contributed by atoms with van der Waals surface area (Å²) in [5, 5.41) is 9.10. The van der Waals surface area contributed by atoms with Gasteiger partial charge in [-0.3, -0.25) is 0 Å². The number of hydrogen-bond donors (Lipinski definition) is 1. The maximum atomic E-state index is 7.62. The van der Waals surface area contributed by atoms with Crippen LogP contribution in [0.25, 0.3) is 77.2 Å². The average molecular weight is 911 g/mol. The highest BCUT2D eigenvalue weighted by atomic mass is 16.3. The average Bonchev–Trinajstić information content (AvgIpc) is 3.80. The van der Waals surface area contributed by atoms with Crippen LogP contribution in [-0.4, -0.2) is 7.28 Å². The molecule has 1 aromatic heterocycles. The summed E-state index contributed by atoms with van der Waals surface area (Å²) in [4.78, 5) is 0. The molecule has 3 heteroatoms. The van der Waals surface area contributed by atoms with E-state index in [9.17, 15) is 0 Å². The Kier molecular flexibility index (Phi) is 8.99. The molecule has 0 fully saturated rings. The van der Waals surface area contributed by atoms with Crippen LogP contribution in [0.3, 0.4) is 0 Å². The van der Waals surface area contributed by atoms with Crippen LogP contribution in [0.4, 0.5) is 11.4 Å². The van der Waals surface area contributed by atoms with Crippen molar-refractivity contribution >= 4 is 62.3 Å². The van der Waals surface area contributed by atoms with Crippen molar-refractivity contribution in [3.8, 4) is 44.5 Å². The van der Waals surface area contributed by atoms with Gasteiger partial charge in [-0.1, -0.05) is 153 Å². The molecule has 0 unspecified atom stereocenters. The Labute approximate surface area is 416 Å². The van der Waals surface area contributed by atoms with Crippen molar-refractivity contribution in [3.63, 3.8) is 0 Å². The normalized spacial score (nSPS) is 18.2. The molecule has 0 saturated carbocycles. The fraction of sp³-hybridized carbons (Fsp3) is 0.313. The summed E-state index contributed by atoms with van der Waals surface area (Å²) in [5.41, 5.74) is 27.7. The van der Waals surface area contributed by atoms with E-state index in [4.69, 9.17) is 4.42 Å². The molecular weight excluding hydrogens is 846 g/mol. The standard InChI is InChI=1S/C67H65BNO/c1-37-30-50-52(65(7,8)28-26-63(50,3)4)35-56(37)69-55-25-24-43-46-34-51-53(66(9,10)29-27-64(51,5)6)36-57(46)70-62(43)58(55)59-60-47(42-20-15-16-22-49(42)67(60,11)12)33-48-45-32-40-19-14-13-18-39(40)31-44(45)41-21-17-23-54(38(41)2)68-61(48)59/h13-25,30-36,69H,26-29H2,1-12H3. The summed E-state index contributed by atoms with van der Waals surface area (Å²) in [6.45, 7) is 29.0. The van der Waals surface area contributed by atoms with Crippen LogP contribution < -0.4 is 16.2 Å². The highest BCUT2D eigenvalue weighted by molar-refractivity contribution is 6.71. The third-order valence-electron chi connectivity index (χ3n) is 18.4. The number of nitrogens with one attached hydrogen (secondary N) is 1. The molecule has 1 aliphatic heterocycles. The van der Waals surface area contributed by atoms with Crippen LogP contribution in [-0.2, 0) is 27.1 Å². The van der Waals surface area contributed by atoms with Crippen molar-refractivity contribution in [2.45, 2.75) is 136 Å². The molecule has 0 atom stereocenters. The highest BCUT2D eigenvalue weighted by Crippen LogP contribution is 2.57. The fourth-order valence-electron chi connectivity index (χ4n) is 13.8. The van der Waals surface area contributed by atoms with Crippen molar-refractivity contribution in [1.82, 2.24) is 0 Å². The number of aryl methyl sites for hydroxylation is 1. The summed E-state index contributed by atoms with van der Waals surface area (Å²) in [6.07, 6.45) is 4.66. The SMILES string of the molecule is Cc1cc2c(cc1Nc1ccc3c(oc4cc5c(cc43)C(C)(C)CCC5(C)C)c1-c1c3c(cc4c1C(C)(C)c1ccccc1-4)-c1cc4ccccc4cc1-c1cccc(c1C)[B]3)C(C)(C)CCC2(C)C. The van der Waals surface area contributed by atoms with Crippen molar-refractivity contribution in [1.29, 1.82) is 0 Å². The third-order valence-corrected chi connectivity index (χ3v) is 18.4. The van der Waals surface area contributed by atoms with Crippen LogP contribution in [0.5, 0.6) is 0 Å². The lowest BCUT2D eigenvalue weighted by atomic mass is 9.55. The summed E-state index contributed by atoms with van der Waals surface area (Å²) >= 11 is 0. The van der Waals surface area contributed by atoms with E-state index in [2.05, 4.69) is 217 Å². The van der Waals surface area contributed by atoms with Gasteiger partial charge in [-0.25, -0.2) is 0 Å². The van der Waals surface area contributed by atoms with Gasteiger partial charge < -0.3 is 9.73 Å². The van der Waals surface area contributed by atoms with Gasteiger partial charge in [-0.15, -0.1) is 0 Å². The smallest absolute Gasteiger partial charge is 0.193 e. The number of hydrogen-bond acceptors (Lipinski definition) is 2. The minimum atomic E-state index is -0.328. The summed E-state index contributed by atoms with van der Waals surface area (Å²) in [6, 6.07) is 47.0. The van der Waals surface area contributed by atoms with Gasteiger partial charge >= 0.3 is 0 Å². The van der Waals surface area contributed by atoms with Crippen LogP contribution >= 0.6 is 0 Å². The Morgan fingerprint density at radius 3 is 1.73 bits per heavy atom. The first-order valence-electron chi connectivity index (χ1n) is 26.0. The van der Waals surface area contributed by atoms with Crippen molar-refractivity contribution in [2.75, 3.05) is 5.32 Å². The lowest BCUT2D eigenvalue weighted by Crippen LogP contribution is -2.35. The minimum Gasteiger partial charge on any atom is -0.455 e. The predicted molar refractivity (Wildman–Crippen MR) is 300 cm³/mol. The maximum Gasteiger partial charge on any atom is 0.193 e. The second-order valence-corrected chi connectivity index (χ2v) is 24.9. The van der Waals surface area contributed by atoms with E-state index >= 15 is 0 Å². The number of fused-ring (bicyclic) bond motifs is 15. The fourth-order valence-corrected chi connectivity index (χ4v) is 13.8. The van der Waals surface area contributed by atoms with E-state index in [0.29, 0.717) is 0 Å². The second-order valence-electron chi connectivity index (χ2n) is 24.9. The van der Waals surface area contributed by atoms with E-state index in [1.54, 1.807) is 0 Å². The first-order valence-corrected chi connectivity index (χ1v) is 26.0. The minimum absolute atomic E-state index is 0.0463. The Morgan fingerprint density at radius 1 is 0.457 bits per heavy atom. The molecule has 347 valence electrons. The van der Waals surface area contributed by atoms with E-state index in [0.717, 1.165) is 52.8 Å². The van der Waals surface area contributed by atoms with E-state index in [1.807, 2.05) is 0 Å². The molecule has 0 amide bonds. The van der Waals surface area contributed by atoms with Gasteiger partial charge in [0.2, 0.25) is 0 Å². The summed E-state index contributed by atoms with van der Waals surface area (Å²) < 4.78 is 7.62. The monoisotopic (exact) mass is 911 g/mol. The molecule has 2 heterocycles. The van der Waals surface area contributed by atoms with Crippen LogP contribution in [0.2, 0.25) is 0 Å². The topological polar surface area (TPSA) is 25.2 Å². The van der Waals surface area contributed by atoms with E-state index in [-0.39, 0.29) is 27.1 Å². The summed E-state index contributed by atoms with van der Waals surface area (Å²) in [5.74, 6) is 0. The molecule has 2 bridgehead atoms. The number of furan rings is 1. The van der Waals surface area contributed by atoms with Gasteiger partial charge in [-0.2, -0.15) is 0 Å². The molecule has 70 heavy (non-hydrogen) atoms. The van der Waals surface area contributed by atoms with Gasteiger partial charge in [0.15, 0.2) is 7.28 Å². The maximum absolute atomic E-state index is 7.62. The Morgan fingerprint density at radius 2 is 1.04 bits per heavy atom. The van der Waals surface area contributed by atoms with Gasteiger partial charge in [0.25, 0.3) is 0 Å². The van der Waals surface area contributed by atoms with Gasteiger partial charge in [0.05, 0.1) is 5.69 Å². The number of rotatable bonds is 3. The lowest BCUT2D eigenvalue weighted by molar-refractivity contribution is 0.332. The van der Waals surface area contributed by atoms with Crippen molar-refractivity contribution in [3.05, 3.63) is 166 Å². The van der Waals surface area contributed by atoms with Crippen molar-refractivity contribution in [2.24, 2.45) is 0 Å². The zero-order valence-electron chi connectivity index (χ0n) is 43.4. The quantitative estimate of drug-likeness (QED) is 0.179. The Bertz CT molecular complexity index is 3770. The molecule has 1 N–H and O–H groups in total. The molecule has 9 aromatic rings. The Hall–Kier alpha value is -6.32. The van der Waals surface area contributed by atoms with Crippen LogP contribution in [0, 0.1) is 13.8 Å². The van der Waals surface area contributed by atoms with Gasteiger partial charge in [-0.05, 0) is 204 Å². The molecule has 13 rings (SSSR count). The zero-order valence-corrected chi connectivity index (χ0v) is 43.4. The number of benzene rings is 8. The first kappa shape index (κ1) is 43.7. The zero-order chi connectivity index (χ0) is 48.6. The molecule has 2 nitrogen and oxygen atoms in total. The molecule has 0 saturated heterocycles. The third kappa shape index (κ3) is 6.12. The van der Waals surface area contributed by atoms with Crippen molar-refractivity contribution < 1.29 is 4.42 Å². The van der Waals surface area contributed by atoms with E-state index < -0.39 is 0 Å². The molecule has 3 aliphatic carbocycles. The molecule has 4 aliphatic rings. The molecule has 1 radical (unpaired) electrons. The van der Waals surface area contributed by atoms with Gasteiger partial charge in [0.1, 0.15) is 11.2 Å². The molecule has 0 spiro atoms. The Balaban J connectivity index is 1.19. The van der Waals surface area contributed by atoms with Crippen LogP contribution in [0.1, 0.15) is 139 Å². The molecule has 8 aromatic carbocycles. The first-order chi connectivity index (χ1) is 33.2. The number of anilines is 2. The van der Waals surface area contributed by atoms with Gasteiger partial charge in [0, 0.05) is 27.4 Å². The lowest BCUT2D eigenvalue weighted by Gasteiger charge is -2.42.